The zero-order valence-electron chi connectivity index (χ0n) is 16.0. The molecule has 154 valence electrons. The molecule has 1 amide bonds. The Labute approximate surface area is 168 Å². The van der Waals surface area contributed by atoms with Crippen LogP contribution in [0.15, 0.2) is 48.5 Å². The minimum Gasteiger partial charge on any atom is -0.448 e. The van der Waals surface area contributed by atoms with E-state index in [9.17, 15) is 19.4 Å². The Bertz CT molecular complexity index is 860. The Kier molecular flexibility index (Phi) is 5.80. The number of hydrogen-bond donors (Lipinski definition) is 3. The molecule has 0 saturated carbocycles. The molecule has 0 unspecified atom stereocenters. The van der Waals surface area contributed by atoms with Crippen molar-refractivity contribution in [2.75, 3.05) is 19.7 Å². The maximum atomic E-state index is 13.4. The molecule has 29 heavy (non-hydrogen) atoms. The highest BCUT2D eigenvalue weighted by atomic mass is 19.1. The van der Waals surface area contributed by atoms with Crippen molar-refractivity contribution in [3.05, 3.63) is 71.0 Å². The molecule has 2 heterocycles. The van der Waals surface area contributed by atoms with Gasteiger partial charge in [-0.25, -0.2) is 9.18 Å². The number of carbonyl (C=O) groups is 1. The van der Waals surface area contributed by atoms with E-state index in [4.69, 9.17) is 4.74 Å². The van der Waals surface area contributed by atoms with Gasteiger partial charge in [0.1, 0.15) is 12.4 Å². The standard InChI is InChI=1S/C22H25FN2O4/c23-16-7-5-15(6-8-16)20-17-4-2-1-3-14(17)10-12-25(20)22(28)29-13-18-21(27)19(26)9-11-24-18/h1-8,18-21,24,26-27H,9-13H2/t18-,19-,20-,21-/m0/s1. The van der Waals surface area contributed by atoms with Gasteiger partial charge in [-0.1, -0.05) is 36.4 Å². The first kappa shape index (κ1) is 19.8. The number of fused-ring (bicyclic) bond motifs is 1. The first-order valence-corrected chi connectivity index (χ1v) is 9.91. The highest BCUT2D eigenvalue weighted by molar-refractivity contribution is 5.70. The molecule has 0 spiro atoms. The van der Waals surface area contributed by atoms with Gasteiger partial charge in [0.25, 0.3) is 0 Å². The highest BCUT2D eigenvalue weighted by Crippen LogP contribution is 2.35. The maximum absolute atomic E-state index is 13.4. The van der Waals surface area contributed by atoms with E-state index in [-0.39, 0.29) is 18.5 Å². The summed E-state index contributed by atoms with van der Waals surface area (Å²) >= 11 is 0. The number of nitrogens with zero attached hydrogens (tertiary/aromatic N) is 1. The minimum absolute atomic E-state index is 0.0364. The van der Waals surface area contributed by atoms with Crippen molar-refractivity contribution < 1.29 is 24.1 Å². The number of hydrogen-bond acceptors (Lipinski definition) is 5. The fraction of sp³-hybridized carbons (Fsp3) is 0.409. The monoisotopic (exact) mass is 400 g/mol. The lowest BCUT2D eigenvalue weighted by Gasteiger charge is -2.38. The summed E-state index contributed by atoms with van der Waals surface area (Å²) in [6.45, 7) is 0.988. The van der Waals surface area contributed by atoms with Gasteiger partial charge in [0, 0.05) is 6.54 Å². The molecule has 3 N–H and O–H groups in total. The van der Waals surface area contributed by atoms with Gasteiger partial charge in [-0.3, -0.25) is 4.90 Å². The molecular formula is C22H25FN2O4. The average Bonchev–Trinajstić information content (AvgIpc) is 2.74. The van der Waals surface area contributed by atoms with Crippen LogP contribution in [0.3, 0.4) is 0 Å². The number of nitrogens with one attached hydrogen (secondary N) is 1. The van der Waals surface area contributed by atoms with Crippen molar-refractivity contribution in [3.63, 3.8) is 0 Å². The predicted octanol–water partition coefficient (Wildman–Crippen LogP) is 1.99. The Hall–Kier alpha value is -2.48. The second kappa shape index (κ2) is 8.49. The van der Waals surface area contributed by atoms with Crippen LogP contribution in [0.4, 0.5) is 9.18 Å². The minimum atomic E-state index is -0.980. The van der Waals surface area contributed by atoms with Crippen molar-refractivity contribution in [1.82, 2.24) is 10.2 Å². The van der Waals surface area contributed by atoms with Gasteiger partial charge in [-0.05, 0) is 48.2 Å². The molecule has 1 fully saturated rings. The number of piperidine rings is 1. The number of benzene rings is 2. The van der Waals surface area contributed by atoms with E-state index in [0.717, 1.165) is 16.7 Å². The molecule has 0 bridgehead atoms. The SMILES string of the molecule is O=C(OC[C@@H]1NCC[C@H](O)[C@H]1O)N1CCc2ccccc2[C@@H]1c1ccc(F)cc1. The van der Waals surface area contributed by atoms with Crippen molar-refractivity contribution in [2.24, 2.45) is 0 Å². The van der Waals surface area contributed by atoms with Crippen LogP contribution >= 0.6 is 0 Å². The Morgan fingerprint density at radius 2 is 1.93 bits per heavy atom. The predicted molar refractivity (Wildman–Crippen MR) is 105 cm³/mol. The van der Waals surface area contributed by atoms with Gasteiger partial charge in [0.2, 0.25) is 0 Å². The van der Waals surface area contributed by atoms with E-state index in [1.165, 1.54) is 12.1 Å². The van der Waals surface area contributed by atoms with E-state index in [1.54, 1.807) is 17.0 Å². The molecule has 2 aliphatic rings. The number of amides is 1. The summed E-state index contributed by atoms with van der Waals surface area (Å²) in [6.07, 6.45) is -1.14. The summed E-state index contributed by atoms with van der Waals surface area (Å²) in [6, 6.07) is 13.2. The number of aliphatic hydroxyl groups excluding tert-OH is 2. The normalized spacial score (nSPS) is 26.7. The summed E-state index contributed by atoms with van der Waals surface area (Å²) < 4.78 is 19.0. The first-order chi connectivity index (χ1) is 14.0. The fourth-order valence-corrected chi connectivity index (χ4v) is 4.15. The molecule has 4 rings (SSSR count). The molecule has 2 aliphatic heterocycles. The van der Waals surface area contributed by atoms with Gasteiger partial charge < -0.3 is 20.3 Å². The van der Waals surface area contributed by atoms with Gasteiger partial charge in [0.05, 0.1) is 24.3 Å². The van der Waals surface area contributed by atoms with E-state index >= 15 is 0 Å². The third-order valence-corrected chi connectivity index (χ3v) is 5.74. The molecule has 6 nitrogen and oxygen atoms in total. The van der Waals surface area contributed by atoms with Crippen LogP contribution < -0.4 is 5.32 Å². The molecule has 4 atom stereocenters. The second-order valence-electron chi connectivity index (χ2n) is 7.58. The lowest BCUT2D eigenvalue weighted by atomic mass is 9.88. The van der Waals surface area contributed by atoms with Crippen LogP contribution in [0.2, 0.25) is 0 Å². The van der Waals surface area contributed by atoms with Crippen LogP contribution in [0.1, 0.15) is 29.2 Å². The van der Waals surface area contributed by atoms with E-state index in [1.807, 2.05) is 24.3 Å². The van der Waals surface area contributed by atoms with Crippen LogP contribution in [0.25, 0.3) is 0 Å². The second-order valence-corrected chi connectivity index (χ2v) is 7.58. The quantitative estimate of drug-likeness (QED) is 0.734. The largest absolute Gasteiger partial charge is 0.448 e. The maximum Gasteiger partial charge on any atom is 0.410 e. The topological polar surface area (TPSA) is 82.0 Å². The van der Waals surface area contributed by atoms with Gasteiger partial charge in [0.15, 0.2) is 0 Å². The summed E-state index contributed by atoms with van der Waals surface area (Å²) in [7, 11) is 0. The molecule has 0 aromatic heterocycles. The summed E-state index contributed by atoms with van der Waals surface area (Å²) in [5, 5.41) is 23.0. The van der Waals surface area contributed by atoms with Crippen molar-refractivity contribution in [1.29, 1.82) is 0 Å². The average molecular weight is 400 g/mol. The first-order valence-electron chi connectivity index (χ1n) is 9.91. The van der Waals surface area contributed by atoms with Crippen LogP contribution in [-0.4, -0.2) is 59.2 Å². The Balaban J connectivity index is 1.54. The molecular weight excluding hydrogens is 375 g/mol. The Morgan fingerprint density at radius 1 is 1.17 bits per heavy atom. The summed E-state index contributed by atoms with van der Waals surface area (Å²) in [5.41, 5.74) is 2.95. The molecule has 7 heteroatoms. The van der Waals surface area contributed by atoms with Crippen molar-refractivity contribution in [2.45, 2.75) is 37.1 Å². The van der Waals surface area contributed by atoms with Crippen LogP contribution in [0, 0.1) is 5.82 Å². The molecule has 2 aromatic carbocycles. The van der Waals surface area contributed by atoms with Crippen LogP contribution in [-0.2, 0) is 11.2 Å². The third-order valence-electron chi connectivity index (χ3n) is 5.74. The summed E-state index contributed by atoms with van der Waals surface area (Å²) in [4.78, 5) is 14.6. The summed E-state index contributed by atoms with van der Waals surface area (Å²) in [5.74, 6) is -0.331. The zero-order valence-corrected chi connectivity index (χ0v) is 16.0. The van der Waals surface area contributed by atoms with Crippen LogP contribution in [0.5, 0.6) is 0 Å². The lowest BCUT2D eigenvalue weighted by Crippen LogP contribution is -2.55. The van der Waals surface area contributed by atoms with Crippen molar-refractivity contribution >= 4 is 6.09 Å². The van der Waals surface area contributed by atoms with E-state index < -0.39 is 24.3 Å². The molecule has 0 aliphatic carbocycles. The third kappa shape index (κ3) is 4.12. The zero-order chi connectivity index (χ0) is 20.4. The molecule has 2 aromatic rings. The van der Waals surface area contributed by atoms with E-state index in [0.29, 0.717) is 25.9 Å². The Morgan fingerprint density at radius 3 is 2.72 bits per heavy atom. The fourth-order valence-electron chi connectivity index (χ4n) is 4.15. The molecule has 0 radical (unpaired) electrons. The number of aliphatic hydroxyl groups is 2. The highest BCUT2D eigenvalue weighted by Gasteiger charge is 2.35. The molecule has 1 saturated heterocycles. The number of rotatable bonds is 3. The number of carbonyl (C=O) groups excluding carboxylic acids is 1. The van der Waals surface area contributed by atoms with E-state index in [2.05, 4.69) is 5.32 Å². The number of ether oxygens (including phenoxy) is 1. The van der Waals surface area contributed by atoms with Gasteiger partial charge in [-0.2, -0.15) is 0 Å². The van der Waals surface area contributed by atoms with Gasteiger partial charge >= 0.3 is 6.09 Å². The van der Waals surface area contributed by atoms with Gasteiger partial charge in [-0.15, -0.1) is 0 Å². The lowest BCUT2D eigenvalue weighted by molar-refractivity contribution is -0.0426. The van der Waals surface area contributed by atoms with Crippen molar-refractivity contribution in [3.8, 4) is 0 Å². The smallest absolute Gasteiger partial charge is 0.410 e. The number of halogens is 1.